The molecule has 0 fully saturated rings. The SMILES string of the molecule is CCCCCCCC(C)OC(=O)CCCCCCC(CCCN)NCCCCCCCC(=O)O. The van der Waals surface area contributed by atoms with Gasteiger partial charge in [-0.25, -0.2) is 0 Å². The summed E-state index contributed by atoms with van der Waals surface area (Å²) in [5.74, 6) is -0.728. The Labute approximate surface area is 210 Å². The van der Waals surface area contributed by atoms with E-state index in [-0.39, 0.29) is 12.1 Å². The van der Waals surface area contributed by atoms with Gasteiger partial charge in [-0.05, 0) is 71.4 Å². The quantitative estimate of drug-likeness (QED) is 0.0928. The number of nitrogens with one attached hydrogen (secondary N) is 1. The molecular formula is C28H56N2O4. The van der Waals surface area contributed by atoms with Gasteiger partial charge in [0.2, 0.25) is 0 Å². The molecule has 34 heavy (non-hydrogen) atoms. The minimum atomic E-state index is -0.692. The van der Waals surface area contributed by atoms with Crippen LogP contribution in [-0.4, -0.2) is 42.3 Å². The molecule has 202 valence electrons. The smallest absolute Gasteiger partial charge is 0.306 e. The van der Waals surface area contributed by atoms with Gasteiger partial charge in [-0.1, -0.05) is 71.1 Å². The molecule has 0 saturated carbocycles. The molecule has 0 rings (SSSR count). The number of rotatable bonds is 26. The van der Waals surface area contributed by atoms with Crippen molar-refractivity contribution in [1.82, 2.24) is 5.32 Å². The van der Waals surface area contributed by atoms with Crippen molar-refractivity contribution in [2.24, 2.45) is 5.73 Å². The second kappa shape index (κ2) is 25.0. The number of carboxylic acids is 1. The Balaban J connectivity index is 3.74. The molecule has 0 aromatic carbocycles. The number of hydrogen-bond acceptors (Lipinski definition) is 5. The Kier molecular flexibility index (Phi) is 24.1. The number of ether oxygens (including phenoxy) is 1. The molecule has 0 aromatic rings. The van der Waals surface area contributed by atoms with Gasteiger partial charge in [-0.2, -0.15) is 0 Å². The molecule has 0 amide bonds. The molecule has 0 radical (unpaired) electrons. The highest BCUT2D eigenvalue weighted by molar-refractivity contribution is 5.69. The standard InChI is InChI=1S/C28H56N2O4/c1-3-4-5-7-12-18-25(2)34-28(33)22-15-10-9-13-19-26(20-17-23-29)30-24-16-11-6-8-14-21-27(31)32/h25-26,30H,3-24,29H2,1-2H3,(H,31,32). The highest BCUT2D eigenvalue weighted by atomic mass is 16.5. The molecular weight excluding hydrogens is 428 g/mol. The van der Waals surface area contributed by atoms with Gasteiger partial charge in [-0.3, -0.25) is 9.59 Å². The summed E-state index contributed by atoms with van der Waals surface area (Å²) in [6.07, 6.45) is 21.0. The van der Waals surface area contributed by atoms with E-state index in [0.29, 0.717) is 18.9 Å². The highest BCUT2D eigenvalue weighted by Gasteiger charge is 2.10. The average Bonchev–Trinajstić information content (AvgIpc) is 2.80. The number of unbranched alkanes of at least 4 members (excludes halogenated alkanes) is 11. The van der Waals surface area contributed by atoms with Gasteiger partial charge in [-0.15, -0.1) is 0 Å². The van der Waals surface area contributed by atoms with Crippen LogP contribution in [0.1, 0.15) is 142 Å². The van der Waals surface area contributed by atoms with Crippen LogP contribution in [0.25, 0.3) is 0 Å². The maximum absolute atomic E-state index is 12.0. The van der Waals surface area contributed by atoms with E-state index >= 15 is 0 Å². The van der Waals surface area contributed by atoms with Gasteiger partial charge in [0.15, 0.2) is 0 Å². The van der Waals surface area contributed by atoms with Crippen molar-refractivity contribution in [2.45, 2.75) is 154 Å². The number of nitrogens with two attached hydrogens (primary N) is 1. The fourth-order valence-electron chi connectivity index (χ4n) is 4.34. The lowest BCUT2D eigenvalue weighted by Gasteiger charge is -2.18. The van der Waals surface area contributed by atoms with Crippen molar-refractivity contribution >= 4 is 11.9 Å². The maximum atomic E-state index is 12.0. The zero-order valence-electron chi connectivity index (χ0n) is 22.5. The van der Waals surface area contributed by atoms with Gasteiger partial charge < -0.3 is 20.9 Å². The molecule has 0 aliphatic rings. The lowest BCUT2D eigenvalue weighted by molar-refractivity contribution is -0.148. The van der Waals surface area contributed by atoms with E-state index in [1.807, 2.05) is 6.92 Å². The molecule has 0 bridgehead atoms. The van der Waals surface area contributed by atoms with Crippen LogP contribution >= 0.6 is 0 Å². The van der Waals surface area contributed by atoms with Crippen molar-refractivity contribution < 1.29 is 19.4 Å². The van der Waals surface area contributed by atoms with E-state index < -0.39 is 5.97 Å². The minimum Gasteiger partial charge on any atom is -0.481 e. The van der Waals surface area contributed by atoms with E-state index in [1.54, 1.807) is 0 Å². The molecule has 2 unspecified atom stereocenters. The summed E-state index contributed by atoms with van der Waals surface area (Å²) in [5.41, 5.74) is 5.71. The summed E-state index contributed by atoms with van der Waals surface area (Å²) in [5, 5.41) is 12.4. The second-order valence-corrected chi connectivity index (χ2v) is 9.95. The van der Waals surface area contributed by atoms with Crippen LogP contribution in [0.2, 0.25) is 0 Å². The minimum absolute atomic E-state index is 0.0356. The number of esters is 1. The first-order valence-electron chi connectivity index (χ1n) is 14.3. The van der Waals surface area contributed by atoms with Gasteiger partial charge in [0.25, 0.3) is 0 Å². The van der Waals surface area contributed by atoms with Gasteiger partial charge >= 0.3 is 11.9 Å². The highest BCUT2D eigenvalue weighted by Crippen LogP contribution is 2.14. The van der Waals surface area contributed by atoms with Crippen LogP contribution < -0.4 is 11.1 Å². The van der Waals surface area contributed by atoms with Crippen molar-refractivity contribution in [1.29, 1.82) is 0 Å². The zero-order valence-corrected chi connectivity index (χ0v) is 22.5. The van der Waals surface area contributed by atoms with E-state index in [1.165, 1.54) is 32.1 Å². The Morgan fingerprint density at radius 1 is 0.765 bits per heavy atom. The van der Waals surface area contributed by atoms with Gasteiger partial charge in [0, 0.05) is 18.9 Å². The predicted molar refractivity (Wildman–Crippen MR) is 142 cm³/mol. The maximum Gasteiger partial charge on any atom is 0.306 e. The summed E-state index contributed by atoms with van der Waals surface area (Å²) in [6.45, 7) is 6.00. The first kappa shape index (κ1) is 32.9. The fourth-order valence-corrected chi connectivity index (χ4v) is 4.34. The number of carboxylic acid groups (broad SMARTS) is 1. The lowest BCUT2D eigenvalue weighted by Crippen LogP contribution is -2.30. The number of aliphatic carboxylic acids is 1. The third-order valence-corrected chi connectivity index (χ3v) is 6.49. The van der Waals surface area contributed by atoms with Crippen molar-refractivity contribution in [2.75, 3.05) is 13.1 Å². The van der Waals surface area contributed by atoms with Gasteiger partial charge in [0.1, 0.15) is 0 Å². The van der Waals surface area contributed by atoms with Crippen molar-refractivity contribution in [3.8, 4) is 0 Å². The third kappa shape index (κ3) is 24.0. The Hall–Kier alpha value is -1.14. The van der Waals surface area contributed by atoms with Crippen LogP contribution in [0.3, 0.4) is 0 Å². The number of hydrogen-bond donors (Lipinski definition) is 3. The van der Waals surface area contributed by atoms with Crippen LogP contribution in [0, 0.1) is 0 Å². The normalized spacial score (nSPS) is 13.0. The zero-order chi connectivity index (χ0) is 25.3. The molecule has 0 heterocycles. The van der Waals surface area contributed by atoms with Crippen LogP contribution in [0.5, 0.6) is 0 Å². The Morgan fingerprint density at radius 3 is 2.00 bits per heavy atom. The van der Waals surface area contributed by atoms with Crippen LogP contribution in [0.4, 0.5) is 0 Å². The van der Waals surface area contributed by atoms with Crippen molar-refractivity contribution in [3.63, 3.8) is 0 Å². The summed E-state index contributed by atoms with van der Waals surface area (Å²) in [6, 6.07) is 0.527. The van der Waals surface area contributed by atoms with Crippen molar-refractivity contribution in [3.05, 3.63) is 0 Å². The molecule has 0 spiro atoms. The number of carbonyl (C=O) groups excluding carboxylic acids is 1. The molecule has 4 N–H and O–H groups in total. The molecule has 6 heteroatoms. The molecule has 0 saturated heterocycles. The number of carbonyl (C=O) groups is 2. The van der Waals surface area contributed by atoms with Gasteiger partial charge in [0.05, 0.1) is 6.10 Å². The monoisotopic (exact) mass is 484 g/mol. The second-order valence-electron chi connectivity index (χ2n) is 9.95. The topological polar surface area (TPSA) is 102 Å². The third-order valence-electron chi connectivity index (χ3n) is 6.49. The molecule has 2 atom stereocenters. The molecule has 0 aliphatic carbocycles. The first-order chi connectivity index (χ1) is 16.5. The first-order valence-corrected chi connectivity index (χ1v) is 14.3. The molecule has 0 aromatic heterocycles. The summed E-state index contributed by atoms with van der Waals surface area (Å²) >= 11 is 0. The lowest BCUT2D eigenvalue weighted by atomic mass is 10.0. The largest absolute Gasteiger partial charge is 0.481 e. The van der Waals surface area contributed by atoms with Crippen LogP contribution in [0.15, 0.2) is 0 Å². The summed E-state index contributed by atoms with van der Waals surface area (Å²) < 4.78 is 5.56. The van der Waals surface area contributed by atoms with E-state index in [0.717, 1.165) is 96.6 Å². The molecule has 6 nitrogen and oxygen atoms in total. The fraction of sp³-hybridized carbons (Fsp3) is 0.929. The Bertz CT molecular complexity index is 473. The van der Waals surface area contributed by atoms with E-state index in [2.05, 4.69) is 12.2 Å². The average molecular weight is 485 g/mol. The Morgan fingerprint density at radius 2 is 1.32 bits per heavy atom. The van der Waals surface area contributed by atoms with E-state index in [4.69, 9.17) is 15.6 Å². The van der Waals surface area contributed by atoms with Crippen LogP contribution in [-0.2, 0) is 14.3 Å². The predicted octanol–water partition coefficient (Wildman–Crippen LogP) is 6.74. The molecule has 0 aliphatic heterocycles. The summed E-state index contributed by atoms with van der Waals surface area (Å²) in [7, 11) is 0. The summed E-state index contributed by atoms with van der Waals surface area (Å²) in [4.78, 5) is 22.6. The van der Waals surface area contributed by atoms with E-state index in [9.17, 15) is 9.59 Å².